The van der Waals surface area contributed by atoms with Crippen molar-refractivity contribution in [2.24, 2.45) is 0 Å². The highest BCUT2D eigenvalue weighted by Gasteiger charge is 2.14. The van der Waals surface area contributed by atoms with Crippen molar-refractivity contribution < 1.29 is 18.7 Å². The summed E-state index contributed by atoms with van der Waals surface area (Å²) in [7, 11) is 3.09. The molecule has 0 atom stereocenters. The fourth-order valence-corrected chi connectivity index (χ4v) is 3.32. The van der Waals surface area contributed by atoms with E-state index in [1.165, 1.54) is 5.56 Å². The van der Waals surface area contributed by atoms with E-state index in [0.717, 1.165) is 11.1 Å². The molecule has 0 aliphatic carbocycles. The van der Waals surface area contributed by atoms with Crippen LogP contribution in [0, 0.1) is 13.8 Å². The summed E-state index contributed by atoms with van der Waals surface area (Å²) in [5.74, 6) is 1.38. The molecule has 30 heavy (non-hydrogen) atoms. The number of anilines is 1. The van der Waals surface area contributed by atoms with Crippen molar-refractivity contribution in [2.75, 3.05) is 19.5 Å². The minimum Gasteiger partial charge on any atom is -0.497 e. The standard InChI is InChI=1S/C24H22N2O4/c1-14-5-7-20(15(2)9-14)24-26-21-12-17(6-8-22(21)30-24)25-23(27)16-10-18(28-3)13-19(11-16)29-4/h5-13H,1-4H3,(H,25,27). The second-order valence-electron chi connectivity index (χ2n) is 7.08. The Kier molecular flexibility index (Phi) is 5.14. The Labute approximate surface area is 174 Å². The largest absolute Gasteiger partial charge is 0.497 e. The maximum Gasteiger partial charge on any atom is 0.255 e. The number of ether oxygens (including phenoxy) is 2. The highest BCUT2D eigenvalue weighted by Crippen LogP contribution is 2.29. The van der Waals surface area contributed by atoms with Gasteiger partial charge in [-0.3, -0.25) is 4.79 Å². The van der Waals surface area contributed by atoms with Crippen molar-refractivity contribution in [1.29, 1.82) is 0 Å². The van der Waals surface area contributed by atoms with E-state index in [0.29, 0.717) is 39.7 Å². The number of aryl methyl sites for hydroxylation is 2. The molecule has 0 fully saturated rings. The highest BCUT2D eigenvalue weighted by atomic mass is 16.5. The number of amides is 1. The molecule has 6 nitrogen and oxygen atoms in total. The third kappa shape index (κ3) is 3.85. The fourth-order valence-electron chi connectivity index (χ4n) is 3.32. The first-order chi connectivity index (χ1) is 14.5. The molecule has 6 heteroatoms. The summed E-state index contributed by atoms with van der Waals surface area (Å²) in [6, 6.07) is 16.5. The number of nitrogens with one attached hydrogen (secondary N) is 1. The van der Waals surface area contributed by atoms with Crippen LogP contribution in [0.2, 0.25) is 0 Å². The molecule has 0 spiro atoms. The van der Waals surface area contributed by atoms with Gasteiger partial charge >= 0.3 is 0 Å². The van der Waals surface area contributed by atoms with Gasteiger partial charge in [0.05, 0.1) is 14.2 Å². The van der Waals surface area contributed by atoms with Crippen molar-refractivity contribution in [3.63, 3.8) is 0 Å². The zero-order chi connectivity index (χ0) is 21.3. The zero-order valence-corrected chi connectivity index (χ0v) is 17.3. The second-order valence-corrected chi connectivity index (χ2v) is 7.08. The lowest BCUT2D eigenvalue weighted by molar-refractivity contribution is 0.102. The quantitative estimate of drug-likeness (QED) is 0.485. The molecule has 4 aromatic rings. The van der Waals surface area contributed by atoms with Crippen LogP contribution in [0.15, 0.2) is 59.0 Å². The van der Waals surface area contributed by atoms with Crippen LogP contribution < -0.4 is 14.8 Å². The van der Waals surface area contributed by atoms with Crippen molar-refractivity contribution in [1.82, 2.24) is 4.98 Å². The van der Waals surface area contributed by atoms with Crippen molar-refractivity contribution in [2.45, 2.75) is 13.8 Å². The summed E-state index contributed by atoms with van der Waals surface area (Å²) in [6.45, 7) is 4.08. The molecular formula is C24H22N2O4. The molecule has 1 heterocycles. The number of hydrogen-bond donors (Lipinski definition) is 1. The smallest absolute Gasteiger partial charge is 0.255 e. The summed E-state index contributed by atoms with van der Waals surface area (Å²) >= 11 is 0. The van der Waals surface area contributed by atoms with Crippen LogP contribution in [-0.4, -0.2) is 25.1 Å². The molecule has 1 N–H and O–H groups in total. The number of oxazole rings is 1. The van der Waals surface area contributed by atoms with Crippen LogP contribution >= 0.6 is 0 Å². The predicted molar refractivity (Wildman–Crippen MR) is 116 cm³/mol. The van der Waals surface area contributed by atoms with Gasteiger partial charge in [-0.25, -0.2) is 4.98 Å². The Morgan fingerprint density at radius 3 is 2.33 bits per heavy atom. The van der Waals surface area contributed by atoms with E-state index in [-0.39, 0.29) is 5.91 Å². The summed E-state index contributed by atoms with van der Waals surface area (Å²) in [5, 5.41) is 2.89. The predicted octanol–water partition coefficient (Wildman–Crippen LogP) is 5.38. The van der Waals surface area contributed by atoms with E-state index in [1.807, 2.05) is 19.1 Å². The lowest BCUT2D eigenvalue weighted by atomic mass is 10.1. The third-order valence-electron chi connectivity index (χ3n) is 4.87. The van der Waals surface area contributed by atoms with E-state index >= 15 is 0 Å². The summed E-state index contributed by atoms with van der Waals surface area (Å²) in [4.78, 5) is 17.3. The van der Waals surface area contributed by atoms with Gasteiger partial charge < -0.3 is 19.2 Å². The van der Waals surface area contributed by atoms with Gasteiger partial charge in [0.15, 0.2) is 5.58 Å². The van der Waals surface area contributed by atoms with Crippen LogP contribution in [0.5, 0.6) is 11.5 Å². The van der Waals surface area contributed by atoms with Gasteiger partial charge in [0.2, 0.25) is 5.89 Å². The first-order valence-corrected chi connectivity index (χ1v) is 9.49. The van der Waals surface area contributed by atoms with Crippen molar-refractivity contribution in [3.8, 4) is 23.0 Å². The van der Waals surface area contributed by atoms with E-state index in [2.05, 4.69) is 23.3 Å². The topological polar surface area (TPSA) is 73.6 Å². The number of carbonyl (C=O) groups is 1. The van der Waals surface area contributed by atoms with Crippen molar-refractivity contribution in [3.05, 3.63) is 71.3 Å². The first-order valence-electron chi connectivity index (χ1n) is 9.49. The van der Waals surface area contributed by atoms with Gasteiger partial charge in [-0.05, 0) is 55.8 Å². The van der Waals surface area contributed by atoms with Crippen LogP contribution in [0.4, 0.5) is 5.69 Å². The highest BCUT2D eigenvalue weighted by molar-refractivity contribution is 6.05. The van der Waals surface area contributed by atoms with Gasteiger partial charge in [-0.2, -0.15) is 0 Å². The third-order valence-corrected chi connectivity index (χ3v) is 4.87. The molecule has 0 bridgehead atoms. The molecule has 0 aliphatic heterocycles. The molecule has 0 unspecified atom stereocenters. The lowest BCUT2D eigenvalue weighted by Crippen LogP contribution is -2.12. The number of nitrogens with zero attached hydrogens (tertiary/aromatic N) is 1. The normalized spacial score (nSPS) is 10.8. The van der Waals surface area contributed by atoms with E-state index in [1.54, 1.807) is 50.6 Å². The molecule has 152 valence electrons. The maximum atomic E-state index is 12.7. The average molecular weight is 402 g/mol. The molecule has 1 aromatic heterocycles. The van der Waals surface area contributed by atoms with E-state index < -0.39 is 0 Å². The SMILES string of the molecule is COc1cc(OC)cc(C(=O)Nc2ccc3oc(-c4ccc(C)cc4C)nc3c2)c1. The minimum absolute atomic E-state index is 0.273. The van der Waals surface area contributed by atoms with Gasteiger partial charge in [0.1, 0.15) is 17.0 Å². The minimum atomic E-state index is -0.273. The number of rotatable bonds is 5. The fraction of sp³-hybridized carbons (Fsp3) is 0.167. The molecule has 1 amide bonds. The van der Waals surface area contributed by atoms with Crippen LogP contribution in [0.3, 0.4) is 0 Å². The second kappa shape index (κ2) is 7.91. The van der Waals surface area contributed by atoms with Gasteiger partial charge in [0, 0.05) is 22.9 Å². The molecular weight excluding hydrogens is 380 g/mol. The Balaban J connectivity index is 1.62. The lowest BCUT2D eigenvalue weighted by Gasteiger charge is -2.09. The Morgan fingerprint density at radius 2 is 1.67 bits per heavy atom. The molecule has 0 saturated heterocycles. The zero-order valence-electron chi connectivity index (χ0n) is 17.3. The number of methoxy groups -OCH3 is 2. The first kappa shape index (κ1) is 19.5. The molecule has 3 aromatic carbocycles. The van der Waals surface area contributed by atoms with E-state index in [4.69, 9.17) is 13.9 Å². The van der Waals surface area contributed by atoms with Crippen LogP contribution in [0.1, 0.15) is 21.5 Å². The van der Waals surface area contributed by atoms with Crippen molar-refractivity contribution >= 4 is 22.7 Å². The molecule has 0 saturated carbocycles. The Hall–Kier alpha value is -3.80. The molecule has 0 aliphatic rings. The van der Waals surface area contributed by atoms with Crippen LogP contribution in [0.25, 0.3) is 22.6 Å². The average Bonchev–Trinajstić information content (AvgIpc) is 3.16. The number of aromatic nitrogens is 1. The number of fused-ring (bicyclic) bond motifs is 1. The monoisotopic (exact) mass is 402 g/mol. The Morgan fingerprint density at radius 1 is 0.933 bits per heavy atom. The summed E-state index contributed by atoms with van der Waals surface area (Å²) in [6.07, 6.45) is 0. The Bertz CT molecular complexity index is 1220. The van der Waals surface area contributed by atoms with E-state index in [9.17, 15) is 4.79 Å². The van der Waals surface area contributed by atoms with Crippen LogP contribution in [-0.2, 0) is 0 Å². The van der Waals surface area contributed by atoms with Gasteiger partial charge in [-0.1, -0.05) is 17.7 Å². The number of hydrogen-bond acceptors (Lipinski definition) is 5. The summed E-state index contributed by atoms with van der Waals surface area (Å²) in [5.41, 5.74) is 5.62. The summed E-state index contributed by atoms with van der Waals surface area (Å²) < 4.78 is 16.4. The number of carbonyl (C=O) groups excluding carboxylic acids is 1. The number of benzene rings is 3. The van der Waals surface area contributed by atoms with Gasteiger partial charge in [0.25, 0.3) is 5.91 Å². The molecule has 0 radical (unpaired) electrons. The molecule has 4 rings (SSSR count). The maximum absolute atomic E-state index is 12.7. The van der Waals surface area contributed by atoms with Gasteiger partial charge in [-0.15, -0.1) is 0 Å².